The Bertz CT molecular complexity index is 860. The molecule has 1 amide bonds. The predicted molar refractivity (Wildman–Crippen MR) is 104 cm³/mol. The number of amides is 1. The molecule has 26 heavy (non-hydrogen) atoms. The van der Waals surface area contributed by atoms with Crippen molar-refractivity contribution in [3.63, 3.8) is 0 Å². The van der Waals surface area contributed by atoms with Crippen LogP contribution in [0.15, 0.2) is 54.6 Å². The number of benzene rings is 2. The number of ether oxygens (including phenoxy) is 1. The maximum atomic E-state index is 13.2. The molecule has 2 aromatic carbocycles. The van der Waals surface area contributed by atoms with Crippen LogP contribution in [-0.2, 0) is 10.2 Å². The van der Waals surface area contributed by atoms with Gasteiger partial charge in [0.15, 0.2) is 0 Å². The molecule has 3 nitrogen and oxygen atoms in total. The average molecular weight is 347 g/mol. The summed E-state index contributed by atoms with van der Waals surface area (Å²) in [6.45, 7) is 6.30. The van der Waals surface area contributed by atoms with Crippen LogP contribution in [0.4, 0.5) is 0 Å². The number of carbonyl (C=O) groups excluding carboxylic acids is 1. The summed E-state index contributed by atoms with van der Waals surface area (Å²) in [7, 11) is 0. The summed E-state index contributed by atoms with van der Waals surface area (Å²) in [6, 6.07) is 16.5. The van der Waals surface area contributed by atoms with E-state index in [9.17, 15) is 4.79 Å². The van der Waals surface area contributed by atoms with E-state index in [1.165, 1.54) is 5.56 Å². The van der Waals surface area contributed by atoms with Crippen LogP contribution >= 0.6 is 0 Å². The van der Waals surface area contributed by atoms with Crippen molar-refractivity contribution >= 4 is 11.5 Å². The summed E-state index contributed by atoms with van der Waals surface area (Å²) in [4.78, 5) is 15.2. The van der Waals surface area contributed by atoms with Gasteiger partial charge in [0.05, 0.1) is 6.61 Å². The molecule has 134 valence electrons. The van der Waals surface area contributed by atoms with Gasteiger partial charge in [-0.1, -0.05) is 48.5 Å². The van der Waals surface area contributed by atoms with Gasteiger partial charge in [-0.25, -0.2) is 0 Å². The zero-order valence-corrected chi connectivity index (χ0v) is 15.5. The lowest BCUT2D eigenvalue weighted by atomic mass is 9.74. The van der Waals surface area contributed by atoms with Crippen LogP contribution in [0.2, 0.25) is 0 Å². The van der Waals surface area contributed by atoms with E-state index in [2.05, 4.69) is 31.2 Å². The fraction of sp³-hybridized carbons (Fsp3) is 0.348. The second-order valence-corrected chi connectivity index (χ2v) is 7.37. The first-order valence-electron chi connectivity index (χ1n) is 9.38. The number of likely N-dealkylation sites (tertiary alicyclic amines) is 1. The number of rotatable bonds is 2. The molecule has 0 unspecified atom stereocenters. The number of aryl methyl sites for hydroxylation is 1. The molecule has 1 spiro atoms. The van der Waals surface area contributed by atoms with Crippen LogP contribution in [0.5, 0.6) is 5.75 Å². The molecule has 4 rings (SSSR count). The second-order valence-electron chi connectivity index (χ2n) is 7.37. The van der Waals surface area contributed by atoms with E-state index < -0.39 is 0 Å². The molecule has 2 aliphatic heterocycles. The van der Waals surface area contributed by atoms with Crippen molar-refractivity contribution in [2.24, 2.45) is 0 Å². The Morgan fingerprint density at radius 1 is 1.08 bits per heavy atom. The van der Waals surface area contributed by atoms with Gasteiger partial charge < -0.3 is 9.64 Å². The lowest BCUT2D eigenvalue weighted by molar-refractivity contribution is -0.126. The third kappa shape index (κ3) is 2.72. The number of para-hydroxylation sites is 1. The van der Waals surface area contributed by atoms with Crippen LogP contribution < -0.4 is 4.74 Å². The van der Waals surface area contributed by atoms with E-state index in [-0.39, 0.29) is 11.3 Å². The van der Waals surface area contributed by atoms with Gasteiger partial charge in [-0.05, 0) is 43.9 Å². The molecule has 0 bridgehead atoms. The molecule has 2 aliphatic rings. The summed E-state index contributed by atoms with van der Waals surface area (Å²) in [6.07, 6.45) is 3.87. The smallest absolute Gasteiger partial charge is 0.254 e. The number of nitrogens with zero attached hydrogens (tertiary/aromatic N) is 1. The predicted octanol–water partition coefficient (Wildman–Crippen LogP) is 4.35. The average Bonchev–Trinajstić information content (AvgIpc) is 3.03. The molecule has 0 radical (unpaired) electrons. The van der Waals surface area contributed by atoms with E-state index in [1.807, 2.05) is 42.2 Å². The highest BCUT2D eigenvalue weighted by Gasteiger charge is 2.43. The Balaban J connectivity index is 1.52. The maximum absolute atomic E-state index is 13.2. The fourth-order valence-electron chi connectivity index (χ4n) is 4.32. The van der Waals surface area contributed by atoms with Gasteiger partial charge >= 0.3 is 0 Å². The number of allylic oxidation sites excluding steroid dienone is 1. The first-order chi connectivity index (χ1) is 12.6. The van der Waals surface area contributed by atoms with E-state index in [1.54, 1.807) is 0 Å². The van der Waals surface area contributed by atoms with Crippen molar-refractivity contribution < 1.29 is 9.53 Å². The lowest BCUT2D eigenvalue weighted by Gasteiger charge is -2.39. The molecule has 1 fully saturated rings. The van der Waals surface area contributed by atoms with Crippen molar-refractivity contribution in [3.05, 3.63) is 71.3 Å². The molecule has 3 heteroatoms. The van der Waals surface area contributed by atoms with Gasteiger partial charge in [0, 0.05) is 29.6 Å². The molecule has 1 saturated heterocycles. The Kier molecular flexibility index (Phi) is 4.31. The first kappa shape index (κ1) is 16.9. The number of fused-ring (bicyclic) bond motifs is 2. The maximum Gasteiger partial charge on any atom is 0.254 e. The van der Waals surface area contributed by atoms with Crippen molar-refractivity contribution in [1.82, 2.24) is 4.90 Å². The monoisotopic (exact) mass is 347 g/mol. The Hall–Kier alpha value is -2.55. The Morgan fingerprint density at radius 3 is 2.50 bits per heavy atom. The van der Waals surface area contributed by atoms with Gasteiger partial charge in [0.2, 0.25) is 0 Å². The van der Waals surface area contributed by atoms with Gasteiger partial charge in [0.1, 0.15) is 5.75 Å². The number of hydrogen-bond acceptors (Lipinski definition) is 2. The second kappa shape index (κ2) is 6.64. The SMILES string of the molecule is C/C=C(/C(=O)N1CCC2(CC1)COc1ccccc12)c1ccccc1C. The van der Waals surface area contributed by atoms with Crippen LogP contribution in [0, 0.1) is 6.92 Å². The van der Waals surface area contributed by atoms with Crippen LogP contribution in [0.25, 0.3) is 5.57 Å². The number of carbonyl (C=O) groups is 1. The summed E-state index contributed by atoms with van der Waals surface area (Å²) in [5.41, 5.74) is 4.38. The quantitative estimate of drug-likeness (QED) is 0.756. The minimum Gasteiger partial charge on any atom is -0.492 e. The Morgan fingerprint density at radius 2 is 1.77 bits per heavy atom. The number of hydrogen-bond donors (Lipinski definition) is 0. The summed E-state index contributed by atoms with van der Waals surface area (Å²) >= 11 is 0. The highest BCUT2D eigenvalue weighted by atomic mass is 16.5. The van der Waals surface area contributed by atoms with E-state index in [4.69, 9.17) is 4.74 Å². The molecule has 0 aromatic heterocycles. The molecule has 2 aromatic rings. The van der Waals surface area contributed by atoms with E-state index in [0.29, 0.717) is 0 Å². The lowest BCUT2D eigenvalue weighted by Crippen LogP contribution is -2.46. The normalized spacial score (nSPS) is 18.5. The zero-order chi connectivity index (χ0) is 18.1. The Labute approximate surface area is 155 Å². The van der Waals surface area contributed by atoms with E-state index in [0.717, 1.165) is 55.0 Å². The highest BCUT2D eigenvalue weighted by Crippen LogP contribution is 2.45. The van der Waals surface area contributed by atoms with Crippen molar-refractivity contribution in [1.29, 1.82) is 0 Å². The van der Waals surface area contributed by atoms with Crippen molar-refractivity contribution in [2.75, 3.05) is 19.7 Å². The van der Waals surface area contributed by atoms with Gasteiger partial charge in [0.25, 0.3) is 5.91 Å². The summed E-state index contributed by atoms with van der Waals surface area (Å²) in [5.74, 6) is 1.16. The molecule has 0 saturated carbocycles. The van der Waals surface area contributed by atoms with Crippen LogP contribution in [0.1, 0.15) is 36.5 Å². The largest absolute Gasteiger partial charge is 0.492 e. The third-order valence-corrected chi connectivity index (χ3v) is 5.92. The standard InChI is InChI=1S/C23H25NO2/c1-3-18(19-9-5-4-8-17(19)2)22(25)24-14-12-23(13-15-24)16-26-21-11-7-6-10-20(21)23/h3-11H,12-16H2,1-2H3/b18-3+. The molecule has 0 aliphatic carbocycles. The van der Waals surface area contributed by atoms with Gasteiger partial charge in [-0.15, -0.1) is 0 Å². The molecule has 0 atom stereocenters. The minimum atomic E-state index is 0.0755. The zero-order valence-electron chi connectivity index (χ0n) is 15.5. The van der Waals surface area contributed by atoms with Crippen LogP contribution in [-0.4, -0.2) is 30.5 Å². The third-order valence-electron chi connectivity index (χ3n) is 5.92. The molecular weight excluding hydrogens is 322 g/mol. The molecule has 0 N–H and O–H groups in total. The van der Waals surface area contributed by atoms with Crippen molar-refractivity contribution in [2.45, 2.75) is 32.1 Å². The molecule has 2 heterocycles. The highest BCUT2D eigenvalue weighted by molar-refractivity contribution is 6.19. The number of piperidine rings is 1. The minimum absolute atomic E-state index is 0.0755. The van der Waals surface area contributed by atoms with Gasteiger partial charge in [-0.2, -0.15) is 0 Å². The van der Waals surface area contributed by atoms with Crippen LogP contribution in [0.3, 0.4) is 0 Å². The molecular formula is C23H25NO2. The van der Waals surface area contributed by atoms with E-state index >= 15 is 0 Å². The summed E-state index contributed by atoms with van der Waals surface area (Å²) < 4.78 is 5.93. The first-order valence-corrected chi connectivity index (χ1v) is 9.38. The fourth-order valence-corrected chi connectivity index (χ4v) is 4.32. The summed E-state index contributed by atoms with van der Waals surface area (Å²) in [5, 5.41) is 0. The van der Waals surface area contributed by atoms with Gasteiger partial charge in [-0.3, -0.25) is 4.79 Å². The van der Waals surface area contributed by atoms with Crippen molar-refractivity contribution in [3.8, 4) is 5.75 Å². The topological polar surface area (TPSA) is 29.5 Å².